The van der Waals surface area contributed by atoms with Crippen molar-refractivity contribution in [1.29, 1.82) is 0 Å². The molecule has 1 fully saturated rings. The Morgan fingerprint density at radius 3 is 2.74 bits per heavy atom. The van der Waals surface area contributed by atoms with Crippen LogP contribution in [0.25, 0.3) is 0 Å². The number of hydrogen-bond acceptors (Lipinski definition) is 5. The fourth-order valence-corrected chi connectivity index (χ4v) is 3.88. The first-order valence-electron chi connectivity index (χ1n) is 10.3. The lowest BCUT2D eigenvalue weighted by molar-refractivity contribution is 0.102. The molecule has 1 saturated heterocycles. The second kappa shape index (κ2) is 9.22. The van der Waals surface area contributed by atoms with Crippen molar-refractivity contribution < 1.29 is 13.9 Å². The number of para-hydroxylation sites is 2. The van der Waals surface area contributed by atoms with E-state index in [4.69, 9.17) is 4.74 Å². The molecule has 0 aliphatic carbocycles. The number of nitrogens with one attached hydrogen (secondary N) is 1. The van der Waals surface area contributed by atoms with Gasteiger partial charge in [-0.25, -0.2) is 14.4 Å². The lowest BCUT2D eigenvalue weighted by atomic mass is 10.1. The highest BCUT2D eigenvalue weighted by atomic mass is 19.1. The summed E-state index contributed by atoms with van der Waals surface area (Å²) < 4.78 is 18.4. The van der Waals surface area contributed by atoms with Crippen LogP contribution in [0.3, 0.4) is 0 Å². The first-order valence-corrected chi connectivity index (χ1v) is 10.3. The van der Waals surface area contributed by atoms with Crippen LogP contribution in [0.4, 0.5) is 10.1 Å². The lowest BCUT2D eigenvalue weighted by Crippen LogP contribution is -2.21. The van der Waals surface area contributed by atoms with Crippen molar-refractivity contribution in [2.24, 2.45) is 0 Å². The van der Waals surface area contributed by atoms with Crippen LogP contribution >= 0.6 is 0 Å². The first-order chi connectivity index (χ1) is 15.0. The third-order valence-electron chi connectivity index (χ3n) is 5.55. The SMILES string of the molecule is COc1ccccc1NC(=O)c1cnc(C2CCN(Cc3ccc(F)cc3)C2)nc1C. The van der Waals surface area contributed by atoms with Crippen molar-refractivity contribution in [1.82, 2.24) is 14.9 Å². The Hall–Kier alpha value is -3.32. The Kier molecular flexibility index (Phi) is 6.23. The van der Waals surface area contributed by atoms with Gasteiger partial charge in [-0.3, -0.25) is 9.69 Å². The normalized spacial score (nSPS) is 16.3. The third-order valence-corrected chi connectivity index (χ3v) is 5.55. The summed E-state index contributed by atoms with van der Waals surface area (Å²) in [6.45, 7) is 4.37. The second-order valence-electron chi connectivity index (χ2n) is 7.73. The van der Waals surface area contributed by atoms with Crippen molar-refractivity contribution >= 4 is 11.6 Å². The molecule has 2 aromatic carbocycles. The Morgan fingerprint density at radius 2 is 2.00 bits per heavy atom. The van der Waals surface area contributed by atoms with E-state index in [0.717, 1.165) is 37.4 Å². The number of halogens is 1. The van der Waals surface area contributed by atoms with E-state index in [9.17, 15) is 9.18 Å². The summed E-state index contributed by atoms with van der Waals surface area (Å²) >= 11 is 0. The molecule has 7 heteroatoms. The predicted octanol–water partition coefficient (Wildman–Crippen LogP) is 4.17. The van der Waals surface area contributed by atoms with Gasteiger partial charge in [0.2, 0.25) is 0 Å². The summed E-state index contributed by atoms with van der Waals surface area (Å²) in [6, 6.07) is 13.9. The van der Waals surface area contributed by atoms with Gasteiger partial charge in [-0.15, -0.1) is 0 Å². The molecular weight excluding hydrogens is 395 g/mol. The van der Waals surface area contributed by atoms with E-state index < -0.39 is 0 Å². The number of likely N-dealkylation sites (tertiary alicyclic amines) is 1. The van der Waals surface area contributed by atoms with Gasteiger partial charge in [-0.05, 0) is 49.7 Å². The lowest BCUT2D eigenvalue weighted by Gasteiger charge is -2.16. The standard InChI is InChI=1S/C24H25FN4O2/c1-16-20(24(30)28-21-5-3-4-6-22(21)31-2)13-26-23(27-16)18-11-12-29(15-18)14-17-7-9-19(25)10-8-17/h3-10,13,18H,11-12,14-15H2,1-2H3,(H,28,30). The molecule has 1 atom stereocenters. The number of amides is 1. The van der Waals surface area contributed by atoms with Crippen LogP contribution < -0.4 is 10.1 Å². The van der Waals surface area contributed by atoms with Crippen LogP contribution in [0.1, 0.15) is 39.8 Å². The Labute approximate surface area is 181 Å². The van der Waals surface area contributed by atoms with Crippen LogP contribution in [0.5, 0.6) is 5.75 Å². The minimum atomic E-state index is -0.266. The van der Waals surface area contributed by atoms with Gasteiger partial charge < -0.3 is 10.1 Å². The molecule has 0 spiro atoms. The van der Waals surface area contributed by atoms with Crippen LogP contribution in [-0.4, -0.2) is 41.0 Å². The third kappa shape index (κ3) is 4.88. The zero-order valence-electron chi connectivity index (χ0n) is 17.6. The highest BCUT2D eigenvalue weighted by Gasteiger charge is 2.27. The van der Waals surface area contributed by atoms with E-state index in [1.54, 1.807) is 25.4 Å². The van der Waals surface area contributed by atoms with Crippen LogP contribution in [0.2, 0.25) is 0 Å². The summed E-state index contributed by atoms with van der Waals surface area (Å²) in [5.74, 6) is 1.08. The number of carbonyl (C=O) groups is 1. The van der Waals surface area contributed by atoms with Gasteiger partial charge in [0.1, 0.15) is 17.4 Å². The predicted molar refractivity (Wildman–Crippen MR) is 117 cm³/mol. The highest BCUT2D eigenvalue weighted by Crippen LogP contribution is 2.27. The molecule has 2 heterocycles. The average molecular weight is 420 g/mol. The number of nitrogens with zero attached hydrogens (tertiary/aromatic N) is 3. The van der Waals surface area contributed by atoms with Gasteiger partial charge in [0, 0.05) is 25.2 Å². The Balaban J connectivity index is 1.41. The van der Waals surface area contributed by atoms with Crippen molar-refractivity contribution in [3.05, 3.63) is 83.2 Å². The minimum Gasteiger partial charge on any atom is -0.495 e. The molecule has 0 saturated carbocycles. The molecule has 6 nitrogen and oxygen atoms in total. The van der Waals surface area contributed by atoms with Crippen molar-refractivity contribution in [2.45, 2.75) is 25.8 Å². The molecule has 1 aliphatic heterocycles. The number of anilines is 1. The maximum absolute atomic E-state index is 13.1. The molecule has 0 radical (unpaired) electrons. The van der Waals surface area contributed by atoms with Gasteiger partial charge >= 0.3 is 0 Å². The topological polar surface area (TPSA) is 67.3 Å². The van der Waals surface area contributed by atoms with Crippen LogP contribution in [0.15, 0.2) is 54.7 Å². The van der Waals surface area contributed by atoms with Crippen molar-refractivity contribution in [2.75, 3.05) is 25.5 Å². The van der Waals surface area contributed by atoms with E-state index in [-0.39, 0.29) is 17.6 Å². The summed E-state index contributed by atoms with van der Waals surface area (Å²) in [4.78, 5) is 24.2. The molecule has 160 valence electrons. The zero-order valence-corrected chi connectivity index (χ0v) is 17.6. The second-order valence-corrected chi connectivity index (χ2v) is 7.73. The number of methoxy groups -OCH3 is 1. The first kappa shape index (κ1) is 20.9. The summed E-state index contributed by atoms with van der Waals surface area (Å²) in [6.07, 6.45) is 2.55. The van der Waals surface area contributed by atoms with Crippen LogP contribution in [0, 0.1) is 12.7 Å². The Morgan fingerprint density at radius 1 is 1.23 bits per heavy atom. The number of benzene rings is 2. The molecule has 1 aromatic heterocycles. The smallest absolute Gasteiger partial charge is 0.259 e. The van der Waals surface area contributed by atoms with E-state index in [1.165, 1.54) is 12.1 Å². The summed E-state index contributed by atoms with van der Waals surface area (Å²) in [5.41, 5.74) is 2.78. The fraction of sp³-hybridized carbons (Fsp3) is 0.292. The van der Waals surface area contributed by atoms with Gasteiger partial charge in [-0.2, -0.15) is 0 Å². The zero-order chi connectivity index (χ0) is 21.8. The molecule has 0 bridgehead atoms. The molecule has 1 unspecified atom stereocenters. The molecule has 4 rings (SSSR count). The van der Waals surface area contributed by atoms with E-state index in [1.807, 2.05) is 31.2 Å². The van der Waals surface area contributed by atoms with Gasteiger partial charge in [-0.1, -0.05) is 24.3 Å². The quantitative estimate of drug-likeness (QED) is 0.648. The number of hydrogen-bond donors (Lipinski definition) is 1. The van der Waals surface area contributed by atoms with E-state index in [2.05, 4.69) is 20.2 Å². The van der Waals surface area contributed by atoms with E-state index >= 15 is 0 Å². The number of aromatic nitrogens is 2. The maximum Gasteiger partial charge on any atom is 0.259 e. The largest absolute Gasteiger partial charge is 0.495 e. The highest BCUT2D eigenvalue weighted by molar-refractivity contribution is 6.05. The summed E-state index contributed by atoms with van der Waals surface area (Å²) in [7, 11) is 1.56. The van der Waals surface area contributed by atoms with Gasteiger partial charge in [0.25, 0.3) is 5.91 Å². The van der Waals surface area contributed by atoms with Crippen molar-refractivity contribution in [3.8, 4) is 5.75 Å². The van der Waals surface area contributed by atoms with Crippen molar-refractivity contribution in [3.63, 3.8) is 0 Å². The number of ether oxygens (including phenoxy) is 1. The molecule has 1 N–H and O–H groups in total. The van der Waals surface area contributed by atoms with Gasteiger partial charge in [0.15, 0.2) is 0 Å². The number of rotatable bonds is 6. The average Bonchev–Trinajstić information content (AvgIpc) is 3.24. The van der Waals surface area contributed by atoms with Gasteiger partial charge in [0.05, 0.1) is 24.1 Å². The molecule has 1 aliphatic rings. The van der Waals surface area contributed by atoms with E-state index in [0.29, 0.717) is 22.7 Å². The monoisotopic (exact) mass is 420 g/mol. The number of carbonyl (C=O) groups excluding carboxylic acids is 1. The summed E-state index contributed by atoms with van der Waals surface area (Å²) in [5, 5.41) is 2.87. The Bertz CT molecular complexity index is 1070. The molecular formula is C24H25FN4O2. The molecule has 31 heavy (non-hydrogen) atoms. The fourth-order valence-electron chi connectivity index (χ4n) is 3.88. The minimum absolute atomic E-state index is 0.213. The van der Waals surface area contributed by atoms with Crippen LogP contribution in [-0.2, 0) is 6.54 Å². The molecule has 1 amide bonds. The molecule has 3 aromatic rings. The number of aryl methyl sites for hydroxylation is 1. The maximum atomic E-state index is 13.1.